The van der Waals surface area contributed by atoms with E-state index in [2.05, 4.69) is 25.8 Å². The number of aryl methyl sites for hydroxylation is 1. The molecule has 1 amide bonds. The van der Waals surface area contributed by atoms with Crippen molar-refractivity contribution in [1.29, 1.82) is 0 Å². The monoisotopic (exact) mass is 517 g/mol. The van der Waals surface area contributed by atoms with Crippen LogP contribution in [0.1, 0.15) is 28.5 Å². The molecular formula is C24H26F3N7O3. The molecule has 1 saturated heterocycles. The Morgan fingerprint density at radius 3 is 2.65 bits per heavy atom. The Morgan fingerprint density at radius 1 is 1.19 bits per heavy atom. The molecule has 0 spiro atoms. The van der Waals surface area contributed by atoms with Crippen LogP contribution in [0.25, 0.3) is 11.3 Å². The van der Waals surface area contributed by atoms with Crippen LogP contribution in [0.4, 0.5) is 30.6 Å². The number of rotatable bonds is 7. The van der Waals surface area contributed by atoms with Gasteiger partial charge in [0.05, 0.1) is 37.3 Å². The van der Waals surface area contributed by atoms with Crippen LogP contribution in [-0.2, 0) is 10.9 Å². The summed E-state index contributed by atoms with van der Waals surface area (Å²) in [6.45, 7) is 5.92. The number of aliphatic hydroxyl groups excluding tert-OH is 1. The third-order valence-corrected chi connectivity index (χ3v) is 5.66. The molecule has 4 rings (SSSR count). The number of nitrogens with one attached hydrogen (secondary N) is 2. The number of ether oxygens (including phenoxy) is 1. The standard InChI is InChI=1S/C24H26F3N7O3/c1-14-3-4-17(30-22(36)20-9-16(12-28-33-20)24(25,26)27)10-18(14)19-11-21(29-15(2)13-35)32-23(31-19)34-5-7-37-8-6-34/h3-4,9-12,15,35H,5-8,13H2,1-2H3,(H,30,36)(H,29,31,32)/t15-/m1/s1. The average Bonchev–Trinajstić information content (AvgIpc) is 2.89. The van der Waals surface area contributed by atoms with Crippen LogP contribution in [0.5, 0.6) is 0 Å². The zero-order valence-corrected chi connectivity index (χ0v) is 20.2. The molecule has 3 heterocycles. The minimum atomic E-state index is -4.65. The van der Waals surface area contributed by atoms with Gasteiger partial charge in [-0.05, 0) is 37.6 Å². The Kier molecular flexibility index (Phi) is 7.83. The average molecular weight is 518 g/mol. The minimum Gasteiger partial charge on any atom is -0.394 e. The van der Waals surface area contributed by atoms with Crippen LogP contribution >= 0.6 is 0 Å². The first-order valence-electron chi connectivity index (χ1n) is 11.6. The van der Waals surface area contributed by atoms with Crippen molar-refractivity contribution < 1.29 is 27.8 Å². The molecule has 0 saturated carbocycles. The second kappa shape index (κ2) is 11.0. The van der Waals surface area contributed by atoms with Crippen LogP contribution in [0, 0.1) is 6.92 Å². The molecule has 3 aromatic rings. The molecule has 1 aliphatic rings. The van der Waals surface area contributed by atoms with Crippen LogP contribution in [-0.4, -0.2) is 70.1 Å². The van der Waals surface area contributed by atoms with E-state index in [1.807, 2.05) is 18.7 Å². The SMILES string of the molecule is Cc1ccc(NC(=O)c2cc(C(F)(F)F)cnn2)cc1-c1cc(N[C@H](C)CO)nc(N2CCOCC2)n1. The third-order valence-electron chi connectivity index (χ3n) is 5.66. The van der Waals surface area contributed by atoms with Crippen LogP contribution < -0.4 is 15.5 Å². The number of amides is 1. The van der Waals surface area contributed by atoms with E-state index in [1.165, 1.54) is 0 Å². The summed E-state index contributed by atoms with van der Waals surface area (Å²) in [7, 11) is 0. The Hall–Kier alpha value is -3.84. The number of carbonyl (C=O) groups excluding carboxylic acids is 1. The fraction of sp³-hybridized carbons (Fsp3) is 0.375. The number of hydrogen-bond acceptors (Lipinski definition) is 9. The molecule has 10 nitrogen and oxygen atoms in total. The molecule has 0 aliphatic carbocycles. The lowest BCUT2D eigenvalue weighted by Crippen LogP contribution is -2.37. The fourth-order valence-corrected chi connectivity index (χ4v) is 3.65. The topological polar surface area (TPSA) is 125 Å². The van der Waals surface area contributed by atoms with E-state index in [9.17, 15) is 23.1 Å². The Labute approximate surface area is 210 Å². The van der Waals surface area contributed by atoms with Crippen molar-refractivity contribution in [2.75, 3.05) is 48.4 Å². The zero-order chi connectivity index (χ0) is 26.6. The van der Waals surface area contributed by atoms with Gasteiger partial charge in [0.2, 0.25) is 5.95 Å². The number of carbonyl (C=O) groups is 1. The summed E-state index contributed by atoms with van der Waals surface area (Å²) in [5.41, 5.74) is 0.921. The minimum absolute atomic E-state index is 0.0921. The normalized spacial score (nSPS) is 14.8. The molecule has 0 unspecified atom stereocenters. The fourth-order valence-electron chi connectivity index (χ4n) is 3.65. The Balaban J connectivity index is 1.66. The van der Waals surface area contributed by atoms with E-state index >= 15 is 0 Å². The second-order valence-corrected chi connectivity index (χ2v) is 8.58. The van der Waals surface area contributed by atoms with Gasteiger partial charge < -0.3 is 25.4 Å². The molecule has 37 heavy (non-hydrogen) atoms. The van der Waals surface area contributed by atoms with Crippen LogP contribution in [0.2, 0.25) is 0 Å². The molecular weight excluding hydrogens is 491 g/mol. The van der Waals surface area contributed by atoms with E-state index in [-0.39, 0.29) is 12.6 Å². The lowest BCUT2D eigenvalue weighted by molar-refractivity contribution is -0.137. The Morgan fingerprint density at radius 2 is 1.95 bits per heavy atom. The molecule has 2 aromatic heterocycles. The number of hydrogen-bond donors (Lipinski definition) is 3. The van der Waals surface area contributed by atoms with Crippen molar-refractivity contribution in [1.82, 2.24) is 20.2 Å². The maximum absolute atomic E-state index is 13.0. The first-order chi connectivity index (χ1) is 17.6. The van der Waals surface area contributed by atoms with Crippen molar-refractivity contribution in [3.05, 3.63) is 53.3 Å². The smallest absolute Gasteiger partial charge is 0.394 e. The number of aromatic nitrogens is 4. The maximum Gasteiger partial charge on any atom is 0.418 e. The number of aliphatic hydroxyl groups is 1. The summed E-state index contributed by atoms with van der Waals surface area (Å²) < 4.78 is 44.4. The van der Waals surface area contributed by atoms with Crippen molar-refractivity contribution in [3.63, 3.8) is 0 Å². The molecule has 1 fully saturated rings. The first-order valence-corrected chi connectivity index (χ1v) is 11.6. The zero-order valence-electron chi connectivity index (χ0n) is 20.2. The van der Waals surface area contributed by atoms with Gasteiger partial charge in [-0.2, -0.15) is 23.3 Å². The van der Waals surface area contributed by atoms with Gasteiger partial charge in [0, 0.05) is 36.4 Å². The van der Waals surface area contributed by atoms with Gasteiger partial charge in [-0.3, -0.25) is 4.79 Å². The summed E-state index contributed by atoms with van der Waals surface area (Å²) >= 11 is 0. The molecule has 0 radical (unpaired) electrons. The van der Waals surface area contributed by atoms with Crippen molar-refractivity contribution in [3.8, 4) is 11.3 Å². The van der Waals surface area contributed by atoms with Crippen molar-refractivity contribution in [2.45, 2.75) is 26.1 Å². The van der Waals surface area contributed by atoms with Gasteiger partial charge in [0.25, 0.3) is 5.91 Å². The molecule has 196 valence electrons. The third kappa shape index (κ3) is 6.49. The van der Waals surface area contributed by atoms with Crippen molar-refractivity contribution in [2.24, 2.45) is 0 Å². The van der Waals surface area contributed by atoms with E-state index in [1.54, 1.807) is 24.3 Å². The predicted molar refractivity (Wildman–Crippen MR) is 130 cm³/mol. The van der Waals surface area contributed by atoms with Gasteiger partial charge in [-0.15, -0.1) is 5.10 Å². The summed E-state index contributed by atoms with van der Waals surface area (Å²) in [5, 5.41) is 22.0. The maximum atomic E-state index is 13.0. The van der Waals surface area contributed by atoms with Gasteiger partial charge in [-0.25, -0.2) is 4.98 Å². The number of halogens is 3. The summed E-state index contributed by atoms with van der Waals surface area (Å²) in [6, 6.07) is 7.22. The summed E-state index contributed by atoms with van der Waals surface area (Å²) in [6.07, 6.45) is -4.09. The molecule has 0 bridgehead atoms. The molecule has 3 N–H and O–H groups in total. The van der Waals surface area contributed by atoms with Gasteiger partial charge in [-0.1, -0.05) is 6.07 Å². The number of nitrogens with zero attached hydrogens (tertiary/aromatic N) is 5. The quantitative estimate of drug-likeness (QED) is 0.433. The first kappa shape index (κ1) is 26.2. The molecule has 13 heteroatoms. The highest BCUT2D eigenvalue weighted by Gasteiger charge is 2.32. The van der Waals surface area contributed by atoms with E-state index in [0.717, 1.165) is 5.56 Å². The number of alkyl halides is 3. The van der Waals surface area contributed by atoms with Gasteiger partial charge in [0.1, 0.15) is 5.82 Å². The van der Waals surface area contributed by atoms with Gasteiger partial charge in [0.15, 0.2) is 5.69 Å². The van der Waals surface area contributed by atoms with Crippen LogP contribution in [0.3, 0.4) is 0 Å². The molecule has 1 atom stereocenters. The van der Waals surface area contributed by atoms with E-state index in [0.29, 0.717) is 67.3 Å². The van der Waals surface area contributed by atoms with Crippen molar-refractivity contribution >= 4 is 23.4 Å². The highest BCUT2D eigenvalue weighted by molar-refractivity contribution is 6.03. The Bertz CT molecular complexity index is 1270. The highest BCUT2D eigenvalue weighted by Crippen LogP contribution is 2.30. The second-order valence-electron chi connectivity index (χ2n) is 8.58. The van der Waals surface area contributed by atoms with E-state index < -0.39 is 23.3 Å². The number of morpholine rings is 1. The van der Waals surface area contributed by atoms with Crippen LogP contribution in [0.15, 0.2) is 36.5 Å². The largest absolute Gasteiger partial charge is 0.418 e. The summed E-state index contributed by atoms with van der Waals surface area (Å²) in [5.74, 6) is 0.173. The molecule has 1 aliphatic heterocycles. The lowest BCUT2D eigenvalue weighted by atomic mass is 10.0. The molecule has 1 aromatic carbocycles. The number of benzene rings is 1. The highest BCUT2D eigenvalue weighted by atomic mass is 19.4. The van der Waals surface area contributed by atoms with E-state index in [4.69, 9.17) is 9.72 Å². The number of anilines is 3. The predicted octanol–water partition coefficient (Wildman–Crippen LogP) is 3.14. The lowest BCUT2D eigenvalue weighted by Gasteiger charge is -2.27. The van der Waals surface area contributed by atoms with Gasteiger partial charge >= 0.3 is 6.18 Å². The summed E-state index contributed by atoms with van der Waals surface area (Å²) in [4.78, 5) is 24.0.